The van der Waals surface area contributed by atoms with Gasteiger partial charge in [0.05, 0.1) is 11.7 Å². The van der Waals surface area contributed by atoms with Crippen molar-refractivity contribution in [3.8, 4) is 5.88 Å². The summed E-state index contributed by atoms with van der Waals surface area (Å²) in [4.78, 5) is 14.5. The Hall–Kier alpha value is -1.62. The Morgan fingerprint density at radius 1 is 1.62 bits per heavy atom. The fraction of sp³-hybridized carbons (Fsp3) is 0.455. The Kier molecular flexibility index (Phi) is 3.36. The van der Waals surface area contributed by atoms with Gasteiger partial charge >= 0.3 is 5.97 Å². The van der Waals surface area contributed by atoms with Gasteiger partial charge in [-0.25, -0.2) is 9.78 Å². The molecule has 2 heterocycles. The first kappa shape index (κ1) is 10.9. The molecule has 0 aliphatic carbocycles. The van der Waals surface area contributed by atoms with Gasteiger partial charge < -0.3 is 14.6 Å². The van der Waals surface area contributed by atoms with Crippen LogP contribution in [0.15, 0.2) is 18.3 Å². The Morgan fingerprint density at radius 2 is 2.50 bits per heavy atom. The van der Waals surface area contributed by atoms with Gasteiger partial charge in [-0.15, -0.1) is 0 Å². The number of aromatic carboxylic acids is 1. The Bertz CT molecular complexity index is 357. The lowest BCUT2D eigenvalue weighted by molar-refractivity contribution is 0.0659. The van der Waals surface area contributed by atoms with E-state index in [2.05, 4.69) is 4.98 Å². The first-order valence-electron chi connectivity index (χ1n) is 5.19. The van der Waals surface area contributed by atoms with Crippen LogP contribution >= 0.6 is 0 Å². The highest BCUT2D eigenvalue weighted by atomic mass is 16.5. The molecule has 1 saturated heterocycles. The number of carboxylic acids is 1. The van der Waals surface area contributed by atoms with Gasteiger partial charge in [0.1, 0.15) is 6.61 Å². The first-order chi connectivity index (χ1) is 7.75. The summed E-state index contributed by atoms with van der Waals surface area (Å²) < 4.78 is 10.8. The second-order valence-electron chi connectivity index (χ2n) is 3.64. The van der Waals surface area contributed by atoms with Crippen molar-refractivity contribution >= 4 is 5.97 Å². The van der Waals surface area contributed by atoms with Crippen molar-refractivity contribution < 1.29 is 19.4 Å². The smallest absolute Gasteiger partial charge is 0.337 e. The largest absolute Gasteiger partial charge is 0.478 e. The molecule has 1 N–H and O–H groups in total. The molecule has 2 rings (SSSR count). The maximum Gasteiger partial charge on any atom is 0.337 e. The molecule has 1 aliphatic rings. The molecule has 16 heavy (non-hydrogen) atoms. The first-order valence-corrected chi connectivity index (χ1v) is 5.19. The Labute approximate surface area is 93.0 Å². The summed E-state index contributed by atoms with van der Waals surface area (Å²) in [6.07, 6.45) is 3.50. The molecule has 1 aromatic rings. The Morgan fingerprint density at radius 3 is 3.06 bits per heavy atom. The number of aromatic nitrogens is 1. The molecule has 0 saturated carbocycles. The van der Waals surface area contributed by atoms with Crippen molar-refractivity contribution in [2.45, 2.75) is 18.9 Å². The van der Waals surface area contributed by atoms with Gasteiger partial charge in [-0.05, 0) is 18.9 Å². The molecule has 1 aromatic heterocycles. The number of carbonyl (C=O) groups is 1. The van der Waals surface area contributed by atoms with E-state index in [1.54, 1.807) is 6.07 Å². The van der Waals surface area contributed by atoms with Gasteiger partial charge in [0.15, 0.2) is 0 Å². The van der Waals surface area contributed by atoms with E-state index in [4.69, 9.17) is 14.6 Å². The van der Waals surface area contributed by atoms with Gasteiger partial charge in [0.25, 0.3) is 0 Å². The number of ether oxygens (including phenoxy) is 2. The van der Waals surface area contributed by atoms with Crippen LogP contribution in [0.2, 0.25) is 0 Å². The summed E-state index contributed by atoms with van der Waals surface area (Å²) in [5, 5.41) is 8.68. The third-order valence-corrected chi connectivity index (χ3v) is 2.42. The van der Waals surface area contributed by atoms with E-state index in [0.717, 1.165) is 19.4 Å². The minimum atomic E-state index is -0.988. The van der Waals surface area contributed by atoms with Crippen molar-refractivity contribution in [2.24, 2.45) is 0 Å². The predicted molar refractivity (Wildman–Crippen MR) is 55.7 cm³/mol. The summed E-state index contributed by atoms with van der Waals surface area (Å²) in [6.45, 7) is 1.26. The third kappa shape index (κ3) is 2.70. The fourth-order valence-electron chi connectivity index (χ4n) is 1.55. The zero-order valence-corrected chi connectivity index (χ0v) is 8.76. The maximum absolute atomic E-state index is 10.6. The van der Waals surface area contributed by atoms with Crippen LogP contribution in [0.4, 0.5) is 0 Å². The van der Waals surface area contributed by atoms with Crippen LogP contribution < -0.4 is 4.74 Å². The second kappa shape index (κ2) is 4.94. The van der Waals surface area contributed by atoms with Crippen LogP contribution in [0, 0.1) is 0 Å². The van der Waals surface area contributed by atoms with E-state index in [-0.39, 0.29) is 11.7 Å². The van der Waals surface area contributed by atoms with Crippen LogP contribution in [-0.2, 0) is 4.74 Å². The van der Waals surface area contributed by atoms with Crippen LogP contribution in [0.3, 0.4) is 0 Å². The molecule has 86 valence electrons. The lowest BCUT2D eigenvalue weighted by Crippen LogP contribution is -2.16. The summed E-state index contributed by atoms with van der Waals surface area (Å²) >= 11 is 0. The normalized spacial score (nSPS) is 19.6. The van der Waals surface area contributed by atoms with E-state index in [0.29, 0.717) is 12.5 Å². The quantitative estimate of drug-likeness (QED) is 0.834. The van der Waals surface area contributed by atoms with Crippen molar-refractivity contribution in [1.82, 2.24) is 4.98 Å². The average molecular weight is 223 g/mol. The molecule has 0 amide bonds. The second-order valence-corrected chi connectivity index (χ2v) is 3.64. The van der Waals surface area contributed by atoms with Crippen molar-refractivity contribution in [2.75, 3.05) is 13.2 Å². The van der Waals surface area contributed by atoms with Gasteiger partial charge in [-0.3, -0.25) is 0 Å². The van der Waals surface area contributed by atoms with Crippen LogP contribution in [0.1, 0.15) is 23.2 Å². The van der Waals surface area contributed by atoms with E-state index in [1.807, 2.05) is 0 Å². The molecule has 0 unspecified atom stereocenters. The third-order valence-electron chi connectivity index (χ3n) is 2.42. The molecule has 1 aliphatic heterocycles. The lowest BCUT2D eigenvalue weighted by atomic mass is 10.2. The highest BCUT2D eigenvalue weighted by Gasteiger charge is 2.16. The van der Waals surface area contributed by atoms with Crippen LogP contribution in [0.25, 0.3) is 0 Å². The number of pyridine rings is 1. The topological polar surface area (TPSA) is 68.7 Å². The lowest BCUT2D eigenvalue weighted by Gasteiger charge is -2.10. The molecule has 5 heteroatoms. The molecule has 0 radical (unpaired) electrons. The molecule has 0 spiro atoms. The molecular weight excluding hydrogens is 210 g/mol. The van der Waals surface area contributed by atoms with Gasteiger partial charge in [0, 0.05) is 18.9 Å². The van der Waals surface area contributed by atoms with E-state index in [1.165, 1.54) is 12.3 Å². The van der Waals surface area contributed by atoms with E-state index >= 15 is 0 Å². The summed E-state index contributed by atoms with van der Waals surface area (Å²) in [5.41, 5.74) is 0.157. The zero-order valence-electron chi connectivity index (χ0n) is 8.76. The van der Waals surface area contributed by atoms with Crippen molar-refractivity contribution in [3.05, 3.63) is 23.9 Å². The highest BCUT2D eigenvalue weighted by molar-refractivity contribution is 5.87. The van der Waals surface area contributed by atoms with Crippen molar-refractivity contribution in [1.29, 1.82) is 0 Å². The standard InChI is InChI=1S/C11H13NO4/c13-11(14)8-3-4-10(12-6-8)16-7-9-2-1-5-15-9/h3-4,6,9H,1-2,5,7H2,(H,13,14)/t9-/m0/s1. The molecule has 5 nitrogen and oxygen atoms in total. The van der Waals surface area contributed by atoms with Gasteiger partial charge in [-0.1, -0.05) is 0 Å². The predicted octanol–water partition coefficient (Wildman–Crippen LogP) is 1.34. The van der Waals surface area contributed by atoms with Crippen LogP contribution in [-0.4, -0.2) is 35.4 Å². The number of rotatable bonds is 4. The number of hydrogen-bond acceptors (Lipinski definition) is 4. The van der Waals surface area contributed by atoms with Gasteiger partial charge in [-0.2, -0.15) is 0 Å². The zero-order chi connectivity index (χ0) is 11.4. The SMILES string of the molecule is O=C(O)c1ccc(OC[C@@H]2CCCO2)nc1. The number of carboxylic acid groups (broad SMARTS) is 1. The minimum Gasteiger partial charge on any atom is -0.478 e. The Balaban J connectivity index is 1.87. The summed E-state index contributed by atoms with van der Waals surface area (Å²) in [5.74, 6) is -0.557. The van der Waals surface area contributed by atoms with Crippen LogP contribution in [0.5, 0.6) is 5.88 Å². The fourth-order valence-corrected chi connectivity index (χ4v) is 1.55. The highest BCUT2D eigenvalue weighted by Crippen LogP contribution is 2.14. The van der Waals surface area contributed by atoms with E-state index < -0.39 is 5.97 Å². The van der Waals surface area contributed by atoms with E-state index in [9.17, 15) is 4.79 Å². The molecule has 1 atom stereocenters. The molecule has 0 aromatic carbocycles. The summed E-state index contributed by atoms with van der Waals surface area (Å²) in [7, 11) is 0. The van der Waals surface area contributed by atoms with Gasteiger partial charge in [0.2, 0.25) is 5.88 Å². The number of hydrogen-bond donors (Lipinski definition) is 1. The monoisotopic (exact) mass is 223 g/mol. The maximum atomic E-state index is 10.6. The van der Waals surface area contributed by atoms with Crippen molar-refractivity contribution in [3.63, 3.8) is 0 Å². The summed E-state index contributed by atoms with van der Waals surface area (Å²) in [6, 6.07) is 3.03. The molecular formula is C11H13NO4. The number of nitrogens with zero attached hydrogens (tertiary/aromatic N) is 1. The molecule has 0 bridgehead atoms. The molecule has 1 fully saturated rings. The average Bonchev–Trinajstić information content (AvgIpc) is 2.80. The minimum absolute atomic E-state index is 0.140.